The van der Waals surface area contributed by atoms with Gasteiger partial charge in [0, 0.05) is 32.7 Å². The molecule has 2 aromatic rings. The molecule has 0 bridgehead atoms. The molecule has 0 aliphatic carbocycles. The Bertz CT molecular complexity index is 812. The van der Waals surface area contributed by atoms with Crippen molar-refractivity contribution < 1.29 is 14.6 Å². The van der Waals surface area contributed by atoms with Gasteiger partial charge >= 0.3 is 0 Å². The quantitative estimate of drug-likeness (QED) is 0.725. The number of β-amino-alcohol motifs (C(OH)–C–C–N with tert-alkyl or cyclic N) is 1. The van der Waals surface area contributed by atoms with Gasteiger partial charge in [-0.1, -0.05) is 36.4 Å². The number of benzene rings is 2. The summed E-state index contributed by atoms with van der Waals surface area (Å²) in [6.07, 6.45) is 0.765. The number of ether oxygens (including phenoxy) is 1. The van der Waals surface area contributed by atoms with Crippen LogP contribution in [-0.2, 0) is 17.9 Å². The van der Waals surface area contributed by atoms with Crippen molar-refractivity contribution in [2.24, 2.45) is 0 Å². The van der Waals surface area contributed by atoms with E-state index in [1.165, 1.54) is 5.56 Å². The van der Waals surface area contributed by atoms with Crippen LogP contribution in [0.1, 0.15) is 17.5 Å². The summed E-state index contributed by atoms with van der Waals surface area (Å²) in [6, 6.07) is 16.1. The number of amides is 1. The highest BCUT2D eigenvalue weighted by atomic mass is 16.5. The maximum atomic E-state index is 11.4. The van der Waals surface area contributed by atoms with Gasteiger partial charge in [0.15, 0.2) is 6.61 Å². The highest BCUT2D eigenvalue weighted by molar-refractivity contribution is 5.95. The maximum absolute atomic E-state index is 11.4. The molecule has 0 spiro atoms. The molecule has 0 saturated carbocycles. The highest BCUT2D eigenvalue weighted by Crippen LogP contribution is 2.28. The molecule has 1 atom stereocenters. The number of fused-ring (bicyclic) bond motifs is 1. The van der Waals surface area contributed by atoms with E-state index in [-0.39, 0.29) is 12.5 Å². The number of carbonyl (C=O) groups excluding carboxylic acids is 1. The lowest BCUT2D eigenvalue weighted by atomic mass is 10.0. The van der Waals surface area contributed by atoms with Crippen LogP contribution in [0.5, 0.6) is 5.75 Å². The molecule has 0 aromatic heterocycles. The SMILES string of the molecule is O=C1COc2ccc(CNCC3(O)CCN(Cc4ccccc4)C3)cc2N1. The minimum absolute atomic E-state index is 0.0666. The minimum Gasteiger partial charge on any atom is -0.482 e. The van der Waals surface area contributed by atoms with Crippen LogP contribution in [0.15, 0.2) is 48.5 Å². The number of rotatable bonds is 6. The molecule has 6 heteroatoms. The third-order valence-corrected chi connectivity index (χ3v) is 5.12. The zero-order chi connectivity index (χ0) is 18.7. The topological polar surface area (TPSA) is 73.8 Å². The van der Waals surface area contributed by atoms with E-state index in [1.807, 2.05) is 36.4 Å². The number of nitrogens with one attached hydrogen (secondary N) is 2. The fraction of sp³-hybridized carbons (Fsp3) is 0.381. The van der Waals surface area contributed by atoms with Gasteiger partial charge in [-0.2, -0.15) is 0 Å². The molecule has 1 fully saturated rings. The predicted octanol–water partition coefficient (Wildman–Crippen LogP) is 1.74. The van der Waals surface area contributed by atoms with Crippen LogP contribution in [0.25, 0.3) is 0 Å². The van der Waals surface area contributed by atoms with Crippen LogP contribution in [0.4, 0.5) is 5.69 Å². The first-order chi connectivity index (χ1) is 13.1. The van der Waals surface area contributed by atoms with E-state index in [9.17, 15) is 9.90 Å². The molecule has 1 saturated heterocycles. The van der Waals surface area contributed by atoms with E-state index in [0.717, 1.165) is 25.1 Å². The fourth-order valence-corrected chi connectivity index (χ4v) is 3.74. The molecular formula is C21H25N3O3. The number of hydrogen-bond donors (Lipinski definition) is 3. The van der Waals surface area contributed by atoms with Gasteiger partial charge in [-0.3, -0.25) is 9.69 Å². The minimum atomic E-state index is -0.708. The number of aliphatic hydroxyl groups is 1. The van der Waals surface area contributed by atoms with E-state index in [1.54, 1.807) is 0 Å². The molecule has 0 radical (unpaired) electrons. The van der Waals surface area contributed by atoms with Crippen LogP contribution < -0.4 is 15.4 Å². The highest BCUT2D eigenvalue weighted by Gasteiger charge is 2.35. The molecule has 2 heterocycles. The molecule has 2 aliphatic rings. The van der Waals surface area contributed by atoms with Crippen LogP contribution in [0.3, 0.4) is 0 Å². The summed E-state index contributed by atoms with van der Waals surface area (Å²) in [7, 11) is 0. The van der Waals surface area contributed by atoms with Crippen LogP contribution >= 0.6 is 0 Å². The second-order valence-electron chi connectivity index (χ2n) is 7.44. The average Bonchev–Trinajstić information content (AvgIpc) is 3.03. The molecule has 3 N–H and O–H groups in total. The van der Waals surface area contributed by atoms with Crippen molar-refractivity contribution in [1.82, 2.24) is 10.2 Å². The Morgan fingerprint density at radius 3 is 2.89 bits per heavy atom. The summed E-state index contributed by atoms with van der Waals surface area (Å²) in [5.74, 6) is 0.565. The van der Waals surface area contributed by atoms with Crippen LogP contribution in [0, 0.1) is 0 Å². The molecule has 1 unspecified atom stereocenters. The van der Waals surface area contributed by atoms with E-state index in [0.29, 0.717) is 31.1 Å². The molecule has 27 heavy (non-hydrogen) atoms. The van der Waals surface area contributed by atoms with Crippen LogP contribution in [0.2, 0.25) is 0 Å². The fourth-order valence-electron chi connectivity index (χ4n) is 3.74. The van der Waals surface area contributed by atoms with E-state index >= 15 is 0 Å². The molecule has 6 nitrogen and oxygen atoms in total. The largest absolute Gasteiger partial charge is 0.482 e. The summed E-state index contributed by atoms with van der Waals surface area (Å²) in [6.45, 7) is 3.67. The summed E-state index contributed by atoms with van der Waals surface area (Å²) in [4.78, 5) is 13.7. The third kappa shape index (κ3) is 4.47. The predicted molar refractivity (Wildman–Crippen MR) is 104 cm³/mol. The number of likely N-dealkylation sites (tertiary alicyclic amines) is 1. The smallest absolute Gasteiger partial charge is 0.262 e. The lowest BCUT2D eigenvalue weighted by molar-refractivity contribution is -0.118. The zero-order valence-corrected chi connectivity index (χ0v) is 15.3. The van der Waals surface area contributed by atoms with Crippen molar-refractivity contribution in [3.8, 4) is 5.75 Å². The van der Waals surface area contributed by atoms with Crippen molar-refractivity contribution in [3.05, 3.63) is 59.7 Å². The summed E-state index contributed by atoms with van der Waals surface area (Å²) >= 11 is 0. The van der Waals surface area contributed by atoms with Crippen molar-refractivity contribution in [2.45, 2.75) is 25.1 Å². The van der Waals surface area contributed by atoms with E-state index in [2.05, 4.69) is 27.7 Å². The molecule has 2 aromatic carbocycles. The first-order valence-corrected chi connectivity index (χ1v) is 9.35. The Kier molecular flexibility index (Phi) is 5.11. The van der Waals surface area contributed by atoms with Crippen molar-refractivity contribution >= 4 is 11.6 Å². The van der Waals surface area contributed by atoms with Crippen molar-refractivity contribution in [1.29, 1.82) is 0 Å². The normalized spacial score (nSPS) is 22.2. The van der Waals surface area contributed by atoms with Gasteiger partial charge in [0.2, 0.25) is 0 Å². The average molecular weight is 367 g/mol. The van der Waals surface area contributed by atoms with Gasteiger partial charge in [0.05, 0.1) is 11.3 Å². The standard InChI is InChI=1S/C21H25N3O3/c25-20-13-27-19-7-6-17(10-18(19)23-20)11-22-14-21(26)8-9-24(15-21)12-16-4-2-1-3-5-16/h1-7,10,22,26H,8-9,11-15H2,(H,23,25). The lowest BCUT2D eigenvalue weighted by Crippen LogP contribution is -2.42. The van der Waals surface area contributed by atoms with Crippen LogP contribution in [-0.4, -0.2) is 47.8 Å². The number of hydrogen-bond acceptors (Lipinski definition) is 5. The second kappa shape index (κ2) is 7.68. The monoisotopic (exact) mass is 367 g/mol. The summed E-state index contributed by atoms with van der Waals surface area (Å²) in [5, 5.41) is 17.0. The molecule has 2 aliphatic heterocycles. The Morgan fingerprint density at radius 2 is 2.04 bits per heavy atom. The molecule has 1 amide bonds. The maximum Gasteiger partial charge on any atom is 0.262 e. The summed E-state index contributed by atoms with van der Waals surface area (Å²) < 4.78 is 5.38. The second-order valence-corrected chi connectivity index (χ2v) is 7.44. The van der Waals surface area contributed by atoms with Gasteiger partial charge < -0.3 is 20.5 Å². The van der Waals surface area contributed by atoms with Gasteiger partial charge in [0.25, 0.3) is 5.91 Å². The van der Waals surface area contributed by atoms with Gasteiger partial charge in [-0.15, -0.1) is 0 Å². The lowest BCUT2D eigenvalue weighted by Gasteiger charge is -2.24. The summed E-state index contributed by atoms with van der Waals surface area (Å²) in [5.41, 5.74) is 2.31. The number of anilines is 1. The Hall–Kier alpha value is -2.41. The first kappa shape index (κ1) is 18.0. The van der Waals surface area contributed by atoms with Crippen molar-refractivity contribution in [3.63, 3.8) is 0 Å². The first-order valence-electron chi connectivity index (χ1n) is 9.35. The van der Waals surface area contributed by atoms with Crippen molar-refractivity contribution in [2.75, 3.05) is 31.6 Å². The molecule has 4 rings (SSSR count). The van der Waals surface area contributed by atoms with Gasteiger partial charge in [0.1, 0.15) is 5.75 Å². The van der Waals surface area contributed by atoms with E-state index in [4.69, 9.17) is 4.74 Å². The number of carbonyl (C=O) groups is 1. The van der Waals surface area contributed by atoms with E-state index < -0.39 is 5.60 Å². The van der Waals surface area contributed by atoms with Gasteiger partial charge in [-0.05, 0) is 29.7 Å². The Labute approximate surface area is 159 Å². The Balaban J connectivity index is 1.28. The van der Waals surface area contributed by atoms with Gasteiger partial charge in [-0.25, -0.2) is 0 Å². The zero-order valence-electron chi connectivity index (χ0n) is 15.3. The number of nitrogens with zero attached hydrogens (tertiary/aromatic N) is 1. The third-order valence-electron chi connectivity index (χ3n) is 5.12. The Morgan fingerprint density at radius 1 is 1.19 bits per heavy atom. The molecule has 142 valence electrons. The molecular weight excluding hydrogens is 342 g/mol.